The Kier molecular flexibility index (Phi) is 1.95. The minimum atomic E-state index is 0.706. The summed E-state index contributed by atoms with van der Waals surface area (Å²) in [5.41, 5.74) is 2.12. The van der Waals surface area contributed by atoms with Crippen LogP contribution in [0, 0.1) is 5.92 Å². The summed E-state index contributed by atoms with van der Waals surface area (Å²) in [6, 6.07) is 0.706. The maximum absolute atomic E-state index is 4.30. The molecule has 0 spiro atoms. The highest BCUT2D eigenvalue weighted by Crippen LogP contribution is 2.29. The van der Waals surface area contributed by atoms with Gasteiger partial charge in [0.05, 0.1) is 18.1 Å². The van der Waals surface area contributed by atoms with Gasteiger partial charge in [0.15, 0.2) is 5.65 Å². The van der Waals surface area contributed by atoms with Crippen LogP contribution in [0.3, 0.4) is 0 Å². The van der Waals surface area contributed by atoms with Crippen LogP contribution in [-0.2, 0) is 6.54 Å². The number of nitrogens with zero attached hydrogens (tertiary/aromatic N) is 3. The van der Waals surface area contributed by atoms with Crippen LogP contribution >= 0.6 is 0 Å². The molecule has 4 nitrogen and oxygen atoms in total. The number of hydrogen-bond donors (Lipinski definition) is 1. The standard InChI is InChI=1S/C11H14N4/c1-8-4-10(8)13-5-9-6-14-11-7-12-2-3-15(9)11/h2-3,6-8,10,13H,4-5H2,1H3. The van der Waals surface area contributed by atoms with Crippen molar-refractivity contribution in [1.29, 1.82) is 0 Å². The van der Waals surface area contributed by atoms with E-state index in [1.54, 1.807) is 12.4 Å². The lowest BCUT2D eigenvalue weighted by molar-refractivity contribution is 0.639. The smallest absolute Gasteiger partial charge is 0.155 e. The van der Waals surface area contributed by atoms with Crippen molar-refractivity contribution in [2.45, 2.75) is 25.9 Å². The first-order chi connectivity index (χ1) is 7.34. The fourth-order valence-corrected chi connectivity index (χ4v) is 1.87. The molecule has 0 aliphatic heterocycles. The third kappa shape index (κ3) is 1.61. The molecule has 0 bridgehead atoms. The normalized spacial score (nSPS) is 24.6. The van der Waals surface area contributed by atoms with Crippen molar-refractivity contribution < 1.29 is 0 Å². The molecule has 2 unspecified atom stereocenters. The van der Waals surface area contributed by atoms with Gasteiger partial charge >= 0.3 is 0 Å². The summed E-state index contributed by atoms with van der Waals surface area (Å²) in [5, 5.41) is 3.52. The van der Waals surface area contributed by atoms with Crippen molar-refractivity contribution in [1.82, 2.24) is 19.7 Å². The summed E-state index contributed by atoms with van der Waals surface area (Å²) in [7, 11) is 0. The van der Waals surface area contributed by atoms with Gasteiger partial charge in [-0.3, -0.25) is 9.38 Å². The Labute approximate surface area is 88.4 Å². The third-order valence-electron chi connectivity index (χ3n) is 3.05. The lowest BCUT2D eigenvalue weighted by Crippen LogP contribution is -2.18. The van der Waals surface area contributed by atoms with Crippen LogP contribution in [0.4, 0.5) is 0 Å². The van der Waals surface area contributed by atoms with E-state index in [2.05, 4.69) is 26.6 Å². The first-order valence-corrected chi connectivity index (χ1v) is 5.34. The number of rotatable bonds is 3. The average molecular weight is 202 g/mol. The van der Waals surface area contributed by atoms with Crippen molar-refractivity contribution in [2.75, 3.05) is 0 Å². The number of aromatic nitrogens is 3. The second kappa shape index (κ2) is 3.31. The topological polar surface area (TPSA) is 42.2 Å². The zero-order chi connectivity index (χ0) is 10.3. The predicted octanol–water partition coefficient (Wildman–Crippen LogP) is 1.23. The van der Waals surface area contributed by atoms with Gasteiger partial charge in [-0.2, -0.15) is 0 Å². The largest absolute Gasteiger partial charge is 0.308 e. The molecule has 1 aliphatic carbocycles. The summed E-state index contributed by atoms with van der Waals surface area (Å²) in [6.45, 7) is 3.16. The highest BCUT2D eigenvalue weighted by Gasteiger charge is 2.31. The van der Waals surface area contributed by atoms with Crippen LogP contribution in [0.25, 0.3) is 5.65 Å². The Morgan fingerprint density at radius 2 is 2.40 bits per heavy atom. The van der Waals surface area contributed by atoms with E-state index in [1.807, 2.05) is 12.4 Å². The quantitative estimate of drug-likeness (QED) is 0.814. The lowest BCUT2D eigenvalue weighted by atomic mass is 10.4. The number of fused-ring (bicyclic) bond motifs is 1. The van der Waals surface area contributed by atoms with Gasteiger partial charge in [-0.15, -0.1) is 0 Å². The Hall–Kier alpha value is -1.42. The fraction of sp³-hybridized carbons (Fsp3) is 0.455. The summed E-state index contributed by atoms with van der Waals surface area (Å²) in [4.78, 5) is 8.34. The number of nitrogens with one attached hydrogen (secondary N) is 1. The minimum absolute atomic E-state index is 0.706. The van der Waals surface area contributed by atoms with Crippen molar-refractivity contribution in [3.8, 4) is 0 Å². The molecule has 3 rings (SSSR count). The first-order valence-electron chi connectivity index (χ1n) is 5.34. The summed E-state index contributed by atoms with van der Waals surface area (Å²) in [6.07, 6.45) is 8.74. The van der Waals surface area contributed by atoms with Crippen molar-refractivity contribution in [3.63, 3.8) is 0 Å². The third-order valence-corrected chi connectivity index (χ3v) is 3.05. The molecule has 2 aromatic rings. The molecule has 1 aliphatic rings. The van der Waals surface area contributed by atoms with E-state index in [0.29, 0.717) is 6.04 Å². The molecule has 1 fully saturated rings. The van der Waals surface area contributed by atoms with Crippen molar-refractivity contribution in [3.05, 3.63) is 30.5 Å². The van der Waals surface area contributed by atoms with E-state index in [0.717, 1.165) is 18.1 Å². The van der Waals surface area contributed by atoms with Crippen LogP contribution in [0.2, 0.25) is 0 Å². The predicted molar refractivity (Wildman–Crippen MR) is 57.4 cm³/mol. The van der Waals surface area contributed by atoms with Crippen LogP contribution in [0.1, 0.15) is 19.0 Å². The Balaban J connectivity index is 1.79. The molecule has 0 saturated heterocycles. The van der Waals surface area contributed by atoms with Gasteiger partial charge in [-0.25, -0.2) is 4.98 Å². The van der Waals surface area contributed by atoms with E-state index < -0.39 is 0 Å². The Bertz CT molecular complexity index is 476. The first kappa shape index (κ1) is 8.85. The Morgan fingerprint density at radius 3 is 3.20 bits per heavy atom. The molecule has 4 heteroatoms. The molecular formula is C11H14N4. The highest BCUT2D eigenvalue weighted by atomic mass is 15.1. The molecule has 1 saturated carbocycles. The number of hydrogen-bond acceptors (Lipinski definition) is 3. The van der Waals surface area contributed by atoms with Gasteiger partial charge in [0.25, 0.3) is 0 Å². The van der Waals surface area contributed by atoms with E-state index in [-0.39, 0.29) is 0 Å². The van der Waals surface area contributed by atoms with Crippen molar-refractivity contribution in [2.24, 2.45) is 5.92 Å². The highest BCUT2D eigenvalue weighted by molar-refractivity contribution is 5.36. The van der Waals surface area contributed by atoms with Gasteiger partial charge < -0.3 is 5.32 Å². The van der Waals surface area contributed by atoms with E-state index in [4.69, 9.17) is 0 Å². The van der Waals surface area contributed by atoms with E-state index in [9.17, 15) is 0 Å². The van der Waals surface area contributed by atoms with Gasteiger partial charge in [-0.1, -0.05) is 6.92 Å². The van der Waals surface area contributed by atoms with E-state index in [1.165, 1.54) is 12.1 Å². The molecule has 2 atom stereocenters. The molecule has 2 heterocycles. The zero-order valence-electron chi connectivity index (χ0n) is 8.72. The van der Waals surface area contributed by atoms with Gasteiger partial charge in [0.2, 0.25) is 0 Å². The monoisotopic (exact) mass is 202 g/mol. The Morgan fingerprint density at radius 1 is 1.53 bits per heavy atom. The summed E-state index contributed by atoms with van der Waals surface area (Å²) < 4.78 is 2.08. The maximum Gasteiger partial charge on any atom is 0.155 e. The molecule has 0 radical (unpaired) electrons. The van der Waals surface area contributed by atoms with Crippen LogP contribution in [-0.4, -0.2) is 20.4 Å². The average Bonchev–Trinajstić information content (AvgIpc) is 2.81. The molecule has 78 valence electrons. The van der Waals surface area contributed by atoms with Crippen LogP contribution in [0.15, 0.2) is 24.8 Å². The molecule has 0 aromatic carbocycles. The van der Waals surface area contributed by atoms with Crippen molar-refractivity contribution >= 4 is 5.65 Å². The van der Waals surface area contributed by atoms with E-state index >= 15 is 0 Å². The summed E-state index contributed by atoms with van der Waals surface area (Å²) >= 11 is 0. The zero-order valence-corrected chi connectivity index (χ0v) is 8.72. The molecule has 1 N–H and O–H groups in total. The SMILES string of the molecule is CC1CC1NCc1cnc2cnccn12. The fourth-order valence-electron chi connectivity index (χ4n) is 1.87. The maximum atomic E-state index is 4.30. The summed E-state index contributed by atoms with van der Waals surface area (Å²) in [5.74, 6) is 0.839. The molecular weight excluding hydrogens is 188 g/mol. The van der Waals surface area contributed by atoms with Crippen LogP contribution < -0.4 is 5.32 Å². The lowest BCUT2D eigenvalue weighted by Gasteiger charge is -2.02. The number of imidazole rings is 1. The molecule has 15 heavy (non-hydrogen) atoms. The second-order valence-corrected chi connectivity index (χ2v) is 4.25. The molecule has 0 amide bonds. The second-order valence-electron chi connectivity index (χ2n) is 4.25. The van der Waals surface area contributed by atoms with Crippen LogP contribution in [0.5, 0.6) is 0 Å². The minimum Gasteiger partial charge on any atom is -0.308 e. The van der Waals surface area contributed by atoms with Gasteiger partial charge in [0.1, 0.15) is 0 Å². The van der Waals surface area contributed by atoms with Gasteiger partial charge in [0, 0.05) is 25.0 Å². The van der Waals surface area contributed by atoms with Gasteiger partial charge in [-0.05, 0) is 12.3 Å². The molecule has 2 aromatic heterocycles.